The number of methoxy groups -OCH3 is 1. The van der Waals surface area contributed by atoms with Gasteiger partial charge in [-0.1, -0.05) is 30.3 Å². The van der Waals surface area contributed by atoms with Crippen molar-refractivity contribution in [1.82, 2.24) is 0 Å². The lowest BCUT2D eigenvalue weighted by Gasteiger charge is -2.11. The largest absolute Gasteiger partial charge is 0.388 e. The van der Waals surface area contributed by atoms with Gasteiger partial charge in [0.1, 0.15) is 0 Å². The van der Waals surface area contributed by atoms with Gasteiger partial charge in [-0.15, -0.1) is 11.3 Å². The molecule has 1 N–H and O–H groups in total. The summed E-state index contributed by atoms with van der Waals surface area (Å²) in [6.45, 7) is 0.617. The average Bonchev–Trinajstić information content (AvgIpc) is 2.90. The summed E-state index contributed by atoms with van der Waals surface area (Å²) in [7, 11) is 1.68. The normalized spacial score (nSPS) is 12.6. The second-order valence-corrected chi connectivity index (χ2v) is 5.34. The monoisotopic (exact) mass is 262 g/mol. The molecular weight excluding hydrogens is 244 g/mol. The van der Waals surface area contributed by atoms with Crippen molar-refractivity contribution in [2.45, 2.75) is 25.6 Å². The summed E-state index contributed by atoms with van der Waals surface area (Å²) >= 11 is 1.74. The van der Waals surface area contributed by atoms with Crippen molar-refractivity contribution >= 4 is 11.3 Å². The van der Waals surface area contributed by atoms with Crippen LogP contribution in [0.25, 0.3) is 0 Å². The highest BCUT2D eigenvalue weighted by Crippen LogP contribution is 2.21. The first-order valence-electron chi connectivity index (χ1n) is 6.08. The highest BCUT2D eigenvalue weighted by atomic mass is 32.1. The van der Waals surface area contributed by atoms with Crippen LogP contribution in [0.2, 0.25) is 0 Å². The fraction of sp³-hybridized carbons (Fsp3) is 0.333. The number of aryl methyl sites for hydroxylation is 1. The predicted octanol–water partition coefficient (Wildman–Crippen LogP) is 3.56. The molecule has 0 aliphatic carbocycles. The molecule has 1 atom stereocenters. The van der Waals surface area contributed by atoms with Gasteiger partial charge in [-0.25, -0.2) is 0 Å². The Hall–Kier alpha value is -1.16. The lowest BCUT2D eigenvalue weighted by molar-refractivity contribution is 0.167. The zero-order valence-corrected chi connectivity index (χ0v) is 11.3. The molecule has 3 heteroatoms. The Balaban J connectivity index is 1.89. The Morgan fingerprint density at radius 2 is 2.00 bits per heavy atom. The third-order valence-electron chi connectivity index (χ3n) is 2.92. The van der Waals surface area contributed by atoms with Crippen molar-refractivity contribution in [3.05, 3.63) is 57.8 Å². The molecule has 0 saturated carbocycles. The van der Waals surface area contributed by atoms with Crippen molar-refractivity contribution in [3.8, 4) is 0 Å². The number of rotatable bonds is 6. The van der Waals surface area contributed by atoms with Crippen LogP contribution < -0.4 is 0 Å². The van der Waals surface area contributed by atoms with Crippen LogP contribution in [0, 0.1) is 0 Å². The Kier molecular flexibility index (Phi) is 4.93. The zero-order chi connectivity index (χ0) is 12.8. The molecule has 0 fully saturated rings. The van der Waals surface area contributed by atoms with Crippen molar-refractivity contribution in [1.29, 1.82) is 0 Å². The van der Waals surface area contributed by atoms with Crippen molar-refractivity contribution in [2.75, 3.05) is 7.11 Å². The minimum atomic E-state index is -0.385. The molecule has 18 heavy (non-hydrogen) atoms. The van der Waals surface area contributed by atoms with Gasteiger partial charge in [-0.3, -0.25) is 0 Å². The minimum Gasteiger partial charge on any atom is -0.388 e. The number of hydrogen-bond acceptors (Lipinski definition) is 3. The average molecular weight is 262 g/mol. The smallest absolute Gasteiger partial charge is 0.0793 e. The zero-order valence-electron chi connectivity index (χ0n) is 10.5. The standard InChI is InChI=1S/C15H18O2S/c1-17-11-12-4-6-13(7-5-12)15(16)9-8-14-3-2-10-18-14/h2-7,10,15-16H,8-9,11H2,1H3. The van der Waals surface area contributed by atoms with Crippen LogP contribution >= 0.6 is 11.3 Å². The van der Waals surface area contributed by atoms with Gasteiger partial charge in [0.25, 0.3) is 0 Å². The van der Waals surface area contributed by atoms with Crippen LogP contribution in [0.1, 0.15) is 28.5 Å². The summed E-state index contributed by atoms with van der Waals surface area (Å²) in [5.74, 6) is 0. The summed E-state index contributed by atoms with van der Waals surface area (Å²) in [6.07, 6.45) is 1.31. The number of thiophene rings is 1. The summed E-state index contributed by atoms with van der Waals surface area (Å²) < 4.78 is 5.06. The van der Waals surface area contributed by atoms with E-state index in [1.54, 1.807) is 18.4 Å². The van der Waals surface area contributed by atoms with E-state index in [9.17, 15) is 5.11 Å². The Morgan fingerprint density at radius 3 is 2.61 bits per heavy atom. The lowest BCUT2D eigenvalue weighted by Crippen LogP contribution is -1.99. The Labute approximate surface area is 112 Å². The van der Waals surface area contributed by atoms with Crippen molar-refractivity contribution in [3.63, 3.8) is 0 Å². The van der Waals surface area contributed by atoms with Gasteiger partial charge in [0, 0.05) is 12.0 Å². The molecular formula is C15H18O2S. The van der Waals surface area contributed by atoms with E-state index >= 15 is 0 Å². The SMILES string of the molecule is COCc1ccc(C(O)CCc2cccs2)cc1. The molecule has 0 aliphatic heterocycles. The molecule has 0 aliphatic rings. The maximum atomic E-state index is 10.1. The van der Waals surface area contributed by atoms with E-state index in [4.69, 9.17) is 4.74 Å². The maximum Gasteiger partial charge on any atom is 0.0793 e. The Morgan fingerprint density at radius 1 is 1.22 bits per heavy atom. The molecule has 1 aromatic carbocycles. The van der Waals surface area contributed by atoms with Gasteiger partial charge in [-0.05, 0) is 35.4 Å². The van der Waals surface area contributed by atoms with E-state index in [-0.39, 0.29) is 6.10 Å². The van der Waals surface area contributed by atoms with Gasteiger partial charge >= 0.3 is 0 Å². The van der Waals surface area contributed by atoms with Gasteiger partial charge in [0.2, 0.25) is 0 Å². The van der Waals surface area contributed by atoms with Gasteiger partial charge in [-0.2, -0.15) is 0 Å². The van der Waals surface area contributed by atoms with E-state index in [1.807, 2.05) is 30.3 Å². The van der Waals surface area contributed by atoms with E-state index in [0.29, 0.717) is 6.61 Å². The third-order valence-corrected chi connectivity index (χ3v) is 3.86. The van der Waals surface area contributed by atoms with Crippen LogP contribution in [0.15, 0.2) is 41.8 Å². The molecule has 0 amide bonds. The Bertz CT molecular complexity index is 448. The molecule has 0 spiro atoms. The molecule has 1 unspecified atom stereocenters. The van der Waals surface area contributed by atoms with Crippen LogP contribution in [0.4, 0.5) is 0 Å². The number of hydrogen-bond donors (Lipinski definition) is 1. The van der Waals surface area contributed by atoms with Crippen LogP contribution in [0.5, 0.6) is 0 Å². The summed E-state index contributed by atoms with van der Waals surface area (Å²) in [4.78, 5) is 1.32. The fourth-order valence-corrected chi connectivity index (χ4v) is 2.63. The van der Waals surface area contributed by atoms with Crippen LogP contribution in [0.3, 0.4) is 0 Å². The van der Waals surface area contributed by atoms with E-state index in [1.165, 1.54) is 4.88 Å². The van der Waals surface area contributed by atoms with Crippen LogP contribution in [-0.4, -0.2) is 12.2 Å². The van der Waals surface area contributed by atoms with Crippen LogP contribution in [-0.2, 0) is 17.8 Å². The molecule has 0 radical (unpaired) electrons. The first-order valence-corrected chi connectivity index (χ1v) is 6.96. The highest BCUT2D eigenvalue weighted by molar-refractivity contribution is 7.09. The summed E-state index contributed by atoms with van der Waals surface area (Å²) in [6, 6.07) is 12.1. The van der Waals surface area contributed by atoms with Gasteiger partial charge in [0.05, 0.1) is 12.7 Å². The van der Waals surface area contributed by atoms with E-state index in [0.717, 1.165) is 24.0 Å². The first kappa shape index (κ1) is 13.3. The summed E-state index contributed by atoms with van der Waals surface area (Å²) in [5, 5.41) is 12.2. The molecule has 1 heterocycles. The topological polar surface area (TPSA) is 29.5 Å². The van der Waals surface area contributed by atoms with Crippen molar-refractivity contribution < 1.29 is 9.84 Å². The molecule has 0 bridgehead atoms. The number of aliphatic hydroxyl groups is 1. The van der Waals surface area contributed by atoms with E-state index in [2.05, 4.69) is 11.4 Å². The van der Waals surface area contributed by atoms with Gasteiger partial charge in [0.15, 0.2) is 0 Å². The highest BCUT2D eigenvalue weighted by Gasteiger charge is 2.08. The quantitative estimate of drug-likeness (QED) is 0.862. The molecule has 2 rings (SSSR count). The number of aliphatic hydroxyl groups excluding tert-OH is 1. The fourth-order valence-electron chi connectivity index (χ4n) is 1.90. The van der Waals surface area contributed by atoms with Crippen molar-refractivity contribution in [2.24, 2.45) is 0 Å². The first-order chi connectivity index (χ1) is 8.79. The second-order valence-electron chi connectivity index (χ2n) is 4.31. The summed E-state index contributed by atoms with van der Waals surface area (Å²) in [5.41, 5.74) is 2.11. The second kappa shape index (κ2) is 6.69. The predicted molar refractivity (Wildman–Crippen MR) is 74.8 cm³/mol. The van der Waals surface area contributed by atoms with Gasteiger partial charge < -0.3 is 9.84 Å². The molecule has 2 aromatic rings. The van der Waals surface area contributed by atoms with E-state index < -0.39 is 0 Å². The number of benzene rings is 1. The maximum absolute atomic E-state index is 10.1. The molecule has 96 valence electrons. The number of ether oxygens (including phenoxy) is 1. The molecule has 2 nitrogen and oxygen atoms in total. The lowest BCUT2D eigenvalue weighted by atomic mass is 10.0. The minimum absolute atomic E-state index is 0.385. The molecule has 0 saturated heterocycles. The third kappa shape index (κ3) is 3.67. The molecule has 1 aromatic heterocycles.